The molecule has 1 aromatic carbocycles. The Labute approximate surface area is 126 Å². The van der Waals surface area contributed by atoms with Gasteiger partial charge in [-0.15, -0.1) is 0 Å². The van der Waals surface area contributed by atoms with E-state index >= 15 is 0 Å². The van der Waals surface area contributed by atoms with Gasteiger partial charge in [-0.2, -0.15) is 0 Å². The maximum atomic E-state index is 10.5. The molecule has 0 saturated heterocycles. The van der Waals surface area contributed by atoms with Gasteiger partial charge in [-0.3, -0.25) is 0 Å². The van der Waals surface area contributed by atoms with Gasteiger partial charge in [0, 0.05) is 6.54 Å². The van der Waals surface area contributed by atoms with Crippen LogP contribution in [0.2, 0.25) is 0 Å². The van der Waals surface area contributed by atoms with Crippen LogP contribution in [0.5, 0.6) is 0 Å². The summed E-state index contributed by atoms with van der Waals surface area (Å²) in [4.78, 5) is 0. The molecule has 0 aliphatic heterocycles. The number of hydrogen-bond acceptors (Lipinski definition) is 4. The number of rotatable bonds is 6. The first-order chi connectivity index (χ1) is 10.0. The zero-order valence-electron chi connectivity index (χ0n) is 12.5. The van der Waals surface area contributed by atoms with Gasteiger partial charge in [0.25, 0.3) is 0 Å². The zero-order valence-corrected chi connectivity index (χ0v) is 12.5. The van der Waals surface area contributed by atoms with E-state index in [1.807, 2.05) is 18.2 Å². The van der Waals surface area contributed by atoms with E-state index in [2.05, 4.69) is 0 Å². The van der Waals surface area contributed by atoms with Gasteiger partial charge in [-0.25, -0.2) is 0 Å². The molecule has 118 valence electrons. The molecular weight excluding hydrogens is 266 g/mol. The highest BCUT2D eigenvalue weighted by Gasteiger charge is 2.28. The summed E-state index contributed by atoms with van der Waals surface area (Å²) < 4.78 is 0. The van der Waals surface area contributed by atoms with E-state index in [1.54, 1.807) is 6.07 Å². The summed E-state index contributed by atoms with van der Waals surface area (Å²) in [6.45, 7) is 0.0329. The molecule has 0 bridgehead atoms. The van der Waals surface area contributed by atoms with E-state index in [4.69, 9.17) is 5.73 Å². The second-order valence-corrected chi connectivity index (χ2v) is 6.28. The van der Waals surface area contributed by atoms with Crippen molar-refractivity contribution >= 4 is 0 Å². The number of aryl methyl sites for hydroxylation is 1. The molecule has 21 heavy (non-hydrogen) atoms. The average molecular weight is 293 g/mol. The normalized spacial score (nSPS) is 21.0. The summed E-state index contributed by atoms with van der Waals surface area (Å²) in [6.07, 6.45) is 4.87. The predicted octanol–water partition coefficient (Wildman–Crippen LogP) is 1.67. The van der Waals surface area contributed by atoms with Gasteiger partial charge < -0.3 is 21.1 Å². The number of nitrogens with two attached hydrogens (primary N) is 1. The van der Waals surface area contributed by atoms with E-state index in [-0.39, 0.29) is 6.54 Å². The first-order valence-corrected chi connectivity index (χ1v) is 7.91. The van der Waals surface area contributed by atoms with Crippen LogP contribution in [0.3, 0.4) is 0 Å². The monoisotopic (exact) mass is 293 g/mol. The SMILES string of the molecule is NC[C@@H](O)[C@H](O)c1cccc(CCC2(O)CCCCC2)c1. The van der Waals surface area contributed by atoms with Crippen molar-refractivity contribution in [3.8, 4) is 0 Å². The summed E-state index contributed by atoms with van der Waals surface area (Å²) >= 11 is 0. The van der Waals surface area contributed by atoms with Crippen LogP contribution in [0.15, 0.2) is 24.3 Å². The number of aliphatic hydroxyl groups excluding tert-OH is 2. The molecule has 0 spiro atoms. The molecule has 4 heteroatoms. The van der Waals surface area contributed by atoms with Crippen LogP contribution in [0.4, 0.5) is 0 Å². The third-order valence-electron chi connectivity index (χ3n) is 4.56. The largest absolute Gasteiger partial charge is 0.390 e. The van der Waals surface area contributed by atoms with Gasteiger partial charge in [0.1, 0.15) is 6.10 Å². The lowest BCUT2D eigenvalue weighted by molar-refractivity contribution is -0.00346. The van der Waals surface area contributed by atoms with Crippen LogP contribution >= 0.6 is 0 Å². The fraction of sp³-hybridized carbons (Fsp3) is 0.647. The Morgan fingerprint density at radius 2 is 1.86 bits per heavy atom. The van der Waals surface area contributed by atoms with Gasteiger partial charge >= 0.3 is 0 Å². The molecule has 4 nitrogen and oxygen atoms in total. The molecule has 2 atom stereocenters. The molecule has 0 heterocycles. The summed E-state index contributed by atoms with van der Waals surface area (Å²) in [6, 6.07) is 7.57. The summed E-state index contributed by atoms with van der Waals surface area (Å²) in [5, 5.41) is 30.2. The molecule has 1 aliphatic rings. The average Bonchev–Trinajstić information content (AvgIpc) is 2.52. The molecule has 1 aromatic rings. The highest BCUT2D eigenvalue weighted by atomic mass is 16.3. The zero-order chi connectivity index (χ0) is 15.3. The van der Waals surface area contributed by atoms with E-state index < -0.39 is 17.8 Å². The van der Waals surface area contributed by atoms with Crippen LogP contribution in [0.1, 0.15) is 55.8 Å². The fourth-order valence-corrected chi connectivity index (χ4v) is 3.12. The second kappa shape index (κ2) is 7.36. The Morgan fingerprint density at radius 3 is 2.52 bits per heavy atom. The molecule has 1 saturated carbocycles. The van der Waals surface area contributed by atoms with Crippen LogP contribution in [-0.4, -0.2) is 33.6 Å². The summed E-state index contributed by atoms with van der Waals surface area (Å²) in [7, 11) is 0. The lowest BCUT2D eigenvalue weighted by atomic mass is 9.81. The third-order valence-corrected chi connectivity index (χ3v) is 4.56. The molecule has 0 aromatic heterocycles. The van der Waals surface area contributed by atoms with Crippen LogP contribution in [-0.2, 0) is 6.42 Å². The quantitative estimate of drug-likeness (QED) is 0.642. The van der Waals surface area contributed by atoms with E-state index in [0.29, 0.717) is 5.56 Å². The van der Waals surface area contributed by atoms with Crippen LogP contribution in [0.25, 0.3) is 0 Å². The van der Waals surface area contributed by atoms with Crippen molar-refractivity contribution in [1.29, 1.82) is 0 Å². The van der Waals surface area contributed by atoms with Gasteiger partial charge in [-0.05, 0) is 36.8 Å². The first kappa shape index (κ1) is 16.4. The highest BCUT2D eigenvalue weighted by molar-refractivity contribution is 5.26. The number of benzene rings is 1. The Kier molecular flexibility index (Phi) is 5.76. The molecule has 1 aliphatic carbocycles. The third kappa shape index (κ3) is 4.51. The van der Waals surface area contributed by atoms with Gasteiger partial charge in [0.05, 0.1) is 11.7 Å². The van der Waals surface area contributed by atoms with E-state index in [9.17, 15) is 15.3 Å². The Balaban J connectivity index is 1.97. The predicted molar refractivity (Wildman–Crippen MR) is 82.8 cm³/mol. The fourth-order valence-electron chi connectivity index (χ4n) is 3.12. The summed E-state index contributed by atoms with van der Waals surface area (Å²) in [5.74, 6) is 0. The van der Waals surface area contributed by atoms with Crippen molar-refractivity contribution in [1.82, 2.24) is 0 Å². The van der Waals surface area contributed by atoms with Gasteiger partial charge in [0.15, 0.2) is 0 Å². The van der Waals surface area contributed by atoms with Crippen LogP contribution < -0.4 is 5.73 Å². The Hall–Kier alpha value is -0.940. The molecule has 0 unspecified atom stereocenters. The van der Waals surface area contributed by atoms with Crippen molar-refractivity contribution in [2.24, 2.45) is 5.73 Å². The van der Waals surface area contributed by atoms with Gasteiger partial charge in [-0.1, -0.05) is 43.5 Å². The molecule has 0 amide bonds. The molecule has 5 N–H and O–H groups in total. The maximum absolute atomic E-state index is 10.5. The molecule has 1 fully saturated rings. The van der Waals surface area contributed by atoms with Crippen LogP contribution in [0, 0.1) is 0 Å². The highest BCUT2D eigenvalue weighted by Crippen LogP contribution is 2.32. The van der Waals surface area contributed by atoms with Gasteiger partial charge in [0.2, 0.25) is 0 Å². The van der Waals surface area contributed by atoms with Crippen molar-refractivity contribution in [3.05, 3.63) is 35.4 Å². The van der Waals surface area contributed by atoms with E-state index in [1.165, 1.54) is 6.42 Å². The lowest BCUT2D eigenvalue weighted by Gasteiger charge is -2.32. The van der Waals surface area contributed by atoms with Crippen molar-refractivity contribution in [2.45, 2.75) is 62.8 Å². The molecular formula is C17H27NO3. The number of aliphatic hydroxyl groups is 3. The topological polar surface area (TPSA) is 86.7 Å². The minimum Gasteiger partial charge on any atom is -0.390 e. The molecule has 0 radical (unpaired) electrons. The van der Waals surface area contributed by atoms with Crippen molar-refractivity contribution < 1.29 is 15.3 Å². The summed E-state index contributed by atoms with van der Waals surface area (Å²) in [5.41, 5.74) is 6.61. The Morgan fingerprint density at radius 1 is 1.14 bits per heavy atom. The first-order valence-electron chi connectivity index (χ1n) is 7.91. The molecule has 2 rings (SSSR count). The lowest BCUT2D eigenvalue weighted by Crippen LogP contribution is -2.31. The second-order valence-electron chi connectivity index (χ2n) is 6.28. The Bertz CT molecular complexity index is 443. The minimum atomic E-state index is -0.951. The van der Waals surface area contributed by atoms with Crippen molar-refractivity contribution in [2.75, 3.05) is 6.54 Å². The number of hydrogen-bond donors (Lipinski definition) is 4. The maximum Gasteiger partial charge on any atom is 0.106 e. The standard InChI is InChI=1S/C17H27NO3/c18-12-15(19)16(20)14-6-4-5-13(11-14)7-10-17(21)8-2-1-3-9-17/h4-6,11,15-16,19-21H,1-3,7-10,12,18H2/t15-,16-/m1/s1. The van der Waals surface area contributed by atoms with Crippen molar-refractivity contribution in [3.63, 3.8) is 0 Å². The smallest absolute Gasteiger partial charge is 0.106 e. The minimum absolute atomic E-state index is 0.0329. The van der Waals surface area contributed by atoms with E-state index in [0.717, 1.165) is 44.1 Å².